The number of unbranched alkanes of at least 4 members (excludes halogenated alkanes) is 7. The zero-order valence-corrected chi connectivity index (χ0v) is 21.0. The van der Waals surface area contributed by atoms with Crippen LogP contribution in [-0.4, -0.2) is 50.7 Å². The highest BCUT2D eigenvalue weighted by Gasteiger charge is 2.47. The molecule has 1 aliphatic rings. The molecule has 1 rings (SSSR count). The standard InChI is InChI=1S/C25H44N2O5/c1-7-8-9-10-11-12-13-14-15-20(23(31)32)21(29)22(30)26-19-16-24(3,4)27(18(2)28)25(5,6)17-19/h19-20H,7-17H2,1-6H3,(H,26,30)(H,31,32). The molecule has 0 radical (unpaired) electrons. The SMILES string of the molecule is CCCCCCCCCCC(C(=O)O)C(=O)C(=O)NC1CC(C)(C)N(C(C)=O)C(C)(C)C1. The van der Waals surface area contributed by atoms with Gasteiger partial charge in [0, 0.05) is 24.0 Å². The van der Waals surface area contributed by atoms with Gasteiger partial charge >= 0.3 is 5.97 Å². The van der Waals surface area contributed by atoms with E-state index in [2.05, 4.69) is 12.2 Å². The lowest BCUT2D eigenvalue weighted by Gasteiger charge is -2.55. The van der Waals surface area contributed by atoms with Crippen molar-refractivity contribution in [3.8, 4) is 0 Å². The van der Waals surface area contributed by atoms with Crippen molar-refractivity contribution in [2.45, 2.75) is 129 Å². The number of ketones is 1. The molecule has 0 bridgehead atoms. The lowest BCUT2D eigenvalue weighted by molar-refractivity contribution is -0.153. The van der Waals surface area contributed by atoms with Crippen molar-refractivity contribution in [2.24, 2.45) is 5.92 Å². The molecule has 32 heavy (non-hydrogen) atoms. The largest absolute Gasteiger partial charge is 0.481 e. The average Bonchev–Trinajstić information content (AvgIpc) is 2.63. The zero-order chi connectivity index (χ0) is 24.5. The highest BCUT2D eigenvalue weighted by Crippen LogP contribution is 2.38. The molecule has 0 aliphatic carbocycles. The van der Waals surface area contributed by atoms with Gasteiger partial charge in [0.25, 0.3) is 5.91 Å². The molecule has 0 spiro atoms. The summed E-state index contributed by atoms with van der Waals surface area (Å²) in [5.74, 6) is -4.26. The summed E-state index contributed by atoms with van der Waals surface area (Å²) in [6.07, 6.45) is 9.70. The Morgan fingerprint density at radius 1 is 0.906 bits per heavy atom. The number of carboxylic acids is 1. The molecule has 0 aromatic rings. The summed E-state index contributed by atoms with van der Waals surface area (Å²) in [5, 5.41) is 12.3. The molecule has 0 aromatic carbocycles. The molecule has 1 heterocycles. The van der Waals surface area contributed by atoms with Crippen LogP contribution in [0.5, 0.6) is 0 Å². The summed E-state index contributed by atoms with van der Waals surface area (Å²) >= 11 is 0. The number of amides is 2. The molecule has 1 fully saturated rings. The summed E-state index contributed by atoms with van der Waals surface area (Å²) in [6, 6.07) is -0.301. The van der Waals surface area contributed by atoms with Crippen LogP contribution in [0.2, 0.25) is 0 Å². The monoisotopic (exact) mass is 452 g/mol. The molecule has 1 atom stereocenters. The van der Waals surface area contributed by atoms with Gasteiger partial charge in [-0.25, -0.2) is 0 Å². The second-order valence-corrected chi connectivity index (χ2v) is 10.6. The van der Waals surface area contributed by atoms with Gasteiger partial charge in [0.1, 0.15) is 5.92 Å². The van der Waals surface area contributed by atoms with Crippen molar-refractivity contribution < 1.29 is 24.3 Å². The van der Waals surface area contributed by atoms with Crippen LogP contribution in [0.3, 0.4) is 0 Å². The fraction of sp³-hybridized carbons (Fsp3) is 0.840. The zero-order valence-electron chi connectivity index (χ0n) is 21.0. The van der Waals surface area contributed by atoms with Crippen molar-refractivity contribution in [3.63, 3.8) is 0 Å². The van der Waals surface area contributed by atoms with Crippen LogP contribution < -0.4 is 5.32 Å². The summed E-state index contributed by atoms with van der Waals surface area (Å²) < 4.78 is 0. The number of carbonyl (C=O) groups is 4. The van der Waals surface area contributed by atoms with Crippen LogP contribution in [0.1, 0.15) is 112 Å². The van der Waals surface area contributed by atoms with E-state index >= 15 is 0 Å². The van der Waals surface area contributed by atoms with Crippen molar-refractivity contribution in [1.29, 1.82) is 0 Å². The fourth-order valence-corrected chi connectivity index (χ4v) is 5.50. The number of piperidine rings is 1. The number of likely N-dealkylation sites (tertiary alicyclic amines) is 1. The van der Waals surface area contributed by atoms with Crippen LogP contribution in [0.15, 0.2) is 0 Å². The van der Waals surface area contributed by atoms with Gasteiger partial charge in [-0.3, -0.25) is 19.2 Å². The van der Waals surface area contributed by atoms with Crippen LogP contribution in [-0.2, 0) is 19.2 Å². The number of Topliss-reactive ketones (excluding diaryl/α,β-unsaturated/α-hetero) is 1. The molecule has 184 valence electrons. The number of hydrogen-bond acceptors (Lipinski definition) is 4. The van der Waals surface area contributed by atoms with Crippen LogP contribution >= 0.6 is 0 Å². The minimum absolute atomic E-state index is 0.0304. The first-order valence-electron chi connectivity index (χ1n) is 12.2. The summed E-state index contributed by atoms with van der Waals surface area (Å²) in [5.41, 5.74) is -0.976. The van der Waals surface area contributed by atoms with Gasteiger partial charge in [0.15, 0.2) is 0 Å². The number of hydrogen-bond donors (Lipinski definition) is 2. The quantitative estimate of drug-likeness (QED) is 0.244. The Morgan fingerprint density at radius 2 is 1.38 bits per heavy atom. The molecule has 7 heteroatoms. The van der Waals surface area contributed by atoms with E-state index in [0.29, 0.717) is 19.3 Å². The second-order valence-electron chi connectivity index (χ2n) is 10.6. The highest BCUT2D eigenvalue weighted by atomic mass is 16.4. The molecule has 1 unspecified atom stereocenters. The number of aliphatic carboxylic acids is 1. The maximum atomic E-state index is 12.6. The molecule has 0 saturated carbocycles. The molecule has 7 nitrogen and oxygen atoms in total. The molecule has 0 aromatic heterocycles. The van der Waals surface area contributed by atoms with Gasteiger partial charge in [-0.15, -0.1) is 0 Å². The number of carbonyl (C=O) groups excluding carboxylic acids is 3. The molecule has 2 N–H and O–H groups in total. The van der Waals surface area contributed by atoms with Crippen LogP contribution in [0.4, 0.5) is 0 Å². The lowest BCUT2D eigenvalue weighted by Crippen LogP contribution is -2.66. The van der Waals surface area contributed by atoms with Crippen molar-refractivity contribution in [2.75, 3.05) is 0 Å². The minimum atomic E-state index is -1.30. The first-order chi connectivity index (χ1) is 14.8. The van der Waals surface area contributed by atoms with E-state index in [4.69, 9.17) is 0 Å². The van der Waals surface area contributed by atoms with E-state index in [9.17, 15) is 24.3 Å². The first-order valence-corrected chi connectivity index (χ1v) is 12.2. The van der Waals surface area contributed by atoms with E-state index in [0.717, 1.165) is 19.3 Å². The van der Waals surface area contributed by atoms with Crippen LogP contribution in [0.25, 0.3) is 0 Å². The summed E-state index contributed by atoms with van der Waals surface area (Å²) in [7, 11) is 0. The van der Waals surface area contributed by atoms with E-state index in [1.54, 1.807) is 0 Å². The maximum Gasteiger partial charge on any atom is 0.314 e. The van der Waals surface area contributed by atoms with Gasteiger partial charge in [-0.2, -0.15) is 0 Å². The minimum Gasteiger partial charge on any atom is -0.481 e. The van der Waals surface area contributed by atoms with Crippen molar-refractivity contribution in [1.82, 2.24) is 10.2 Å². The maximum absolute atomic E-state index is 12.6. The third kappa shape index (κ3) is 8.21. The molecular formula is C25H44N2O5. The van der Waals surface area contributed by atoms with E-state index in [1.807, 2.05) is 32.6 Å². The highest BCUT2D eigenvalue weighted by molar-refractivity contribution is 6.40. The normalized spacial score (nSPS) is 18.8. The molecular weight excluding hydrogens is 408 g/mol. The van der Waals surface area contributed by atoms with Crippen molar-refractivity contribution >= 4 is 23.6 Å². The molecule has 2 amide bonds. The molecule has 1 aliphatic heterocycles. The van der Waals surface area contributed by atoms with E-state index < -0.39 is 34.7 Å². The first kappa shape index (κ1) is 28.1. The number of carboxylic acid groups (broad SMARTS) is 1. The predicted molar refractivity (Wildman–Crippen MR) is 125 cm³/mol. The lowest BCUT2D eigenvalue weighted by atomic mass is 9.76. The Kier molecular flexibility index (Phi) is 10.9. The Labute approximate surface area is 193 Å². The van der Waals surface area contributed by atoms with Gasteiger partial charge in [-0.1, -0.05) is 58.3 Å². The predicted octanol–water partition coefficient (Wildman–Crippen LogP) is 4.47. The number of nitrogens with one attached hydrogen (secondary N) is 1. The smallest absolute Gasteiger partial charge is 0.314 e. The van der Waals surface area contributed by atoms with Gasteiger partial charge in [-0.05, 0) is 47.0 Å². The Bertz CT molecular complexity index is 653. The van der Waals surface area contributed by atoms with Crippen molar-refractivity contribution in [3.05, 3.63) is 0 Å². The Morgan fingerprint density at radius 3 is 1.81 bits per heavy atom. The van der Waals surface area contributed by atoms with Gasteiger partial charge in [0.2, 0.25) is 11.7 Å². The Hall–Kier alpha value is -1.92. The van der Waals surface area contributed by atoms with Crippen LogP contribution in [0, 0.1) is 5.92 Å². The number of rotatable bonds is 13. The second kappa shape index (κ2) is 12.4. The summed E-state index contributed by atoms with van der Waals surface area (Å²) in [6.45, 7) is 11.5. The van der Waals surface area contributed by atoms with E-state index in [-0.39, 0.29) is 18.4 Å². The fourth-order valence-electron chi connectivity index (χ4n) is 5.50. The molecule has 1 saturated heterocycles. The summed E-state index contributed by atoms with van der Waals surface area (Å²) in [4.78, 5) is 50.9. The Balaban J connectivity index is 2.61. The topological polar surface area (TPSA) is 104 Å². The van der Waals surface area contributed by atoms with Gasteiger partial charge in [0.05, 0.1) is 0 Å². The third-order valence-electron chi connectivity index (χ3n) is 6.54. The third-order valence-corrected chi connectivity index (χ3v) is 6.54. The number of nitrogens with zero attached hydrogens (tertiary/aromatic N) is 1. The van der Waals surface area contributed by atoms with Gasteiger partial charge < -0.3 is 15.3 Å². The average molecular weight is 453 g/mol. The van der Waals surface area contributed by atoms with E-state index in [1.165, 1.54) is 32.6 Å².